The number of nitrogens with two attached hydrogens (primary N) is 1. The van der Waals surface area contributed by atoms with Gasteiger partial charge in [-0.15, -0.1) is 0 Å². The van der Waals surface area contributed by atoms with Gasteiger partial charge >= 0.3 is 0 Å². The van der Waals surface area contributed by atoms with Crippen molar-refractivity contribution in [2.75, 3.05) is 12.3 Å². The minimum Gasteiger partial charge on any atom is -0.398 e. The summed E-state index contributed by atoms with van der Waals surface area (Å²) >= 11 is 0. The van der Waals surface area contributed by atoms with Gasteiger partial charge in [0.05, 0.1) is 5.69 Å². The molecule has 0 aliphatic rings. The van der Waals surface area contributed by atoms with Gasteiger partial charge in [0.15, 0.2) is 0 Å². The van der Waals surface area contributed by atoms with Crippen molar-refractivity contribution in [2.24, 2.45) is 0 Å². The van der Waals surface area contributed by atoms with Gasteiger partial charge in [0.25, 0.3) is 0 Å². The lowest BCUT2D eigenvalue weighted by molar-refractivity contribution is -0.121. The van der Waals surface area contributed by atoms with E-state index in [4.69, 9.17) is 5.73 Å². The van der Waals surface area contributed by atoms with E-state index in [2.05, 4.69) is 10.0 Å². The number of nitrogens with one attached hydrogen (secondary N) is 2. The lowest BCUT2D eigenvalue weighted by atomic mass is 10.2. The van der Waals surface area contributed by atoms with Crippen LogP contribution in [0.15, 0.2) is 23.1 Å². The van der Waals surface area contributed by atoms with Gasteiger partial charge in [-0.3, -0.25) is 4.79 Å². The molecule has 0 saturated carbocycles. The molecule has 118 valence electrons. The highest BCUT2D eigenvalue weighted by Crippen LogP contribution is 2.21. The molecule has 0 aliphatic carbocycles. The van der Waals surface area contributed by atoms with E-state index in [0.717, 1.165) is 12.5 Å². The Balaban J connectivity index is 2.64. The molecule has 8 heteroatoms. The van der Waals surface area contributed by atoms with Gasteiger partial charge in [-0.25, -0.2) is 17.5 Å². The maximum Gasteiger partial charge on any atom is 0.245 e. The van der Waals surface area contributed by atoms with Crippen molar-refractivity contribution in [2.45, 2.75) is 37.6 Å². The fourth-order valence-corrected chi connectivity index (χ4v) is 2.85. The van der Waals surface area contributed by atoms with E-state index in [0.29, 0.717) is 0 Å². The monoisotopic (exact) mass is 317 g/mol. The molecule has 0 aromatic heterocycles. The summed E-state index contributed by atoms with van der Waals surface area (Å²) in [6.07, 6.45) is 0.751. The number of anilines is 1. The first-order valence-corrected chi connectivity index (χ1v) is 8.09. The number of nitrogen functional groups attached to an aromatic ring is 1. The summed E-state index contributed by atoms with van der Waals surface area (Å²) < 4.78 is 39.7. The average molecular weight is 317 g/mol. The third-order valence-electron chi connectivity index (χ3n) is 2.93. The molecule has 1 aromatic carbocycles. The van der Waals surface area contributed by atoms with E-state index in [1.54, 1.807) is 0 Å². The number of rotatable bonds is 7. The first-order chi connectivity index (χ1) is 9.77. The van der Waals surface area contributed by atoms with Crippen LogP contribution in [-0.4, -0.2) is 26.9 Å². The predicted octanol–water partition coefficient (Wildman–Crippen LogP) is 0.991. The smallest absolute Gasteiger partial charge is 0.245 e. The zero-order valence-electron chi connectivity index (χ0n) is 12.0. The van der Waals surface area contributed by atoms with Crippen molar-refractivity contribution in [1.29, 1.82) is 0 Å². The van der Waals surface area contributed by atoms with Crippen molar-refractivity contribution in [3.8, 4) is 0 Å². The molecule has 0 bridgehead atoms. The van der Waals surface area contributed by atoms with Crippen LogP contribution in [0.2, 0.25) is 0 Å². The standard InChI is InChI=1S/C13H20FN3O3S/c1-3-9(2)17-12(18)7-8-16-21(19,20)13-10(14)5-4-6-11(13)15/h4-6,9,16H,3,7-8,15H2,1-2H3,(H,17,18). The molecule has 4 N–H and O–H groups in total. The quantitative estimate of drug-likeness (QED) is 0.653. The first kappa shape index (κ1) is 17.4. The summed E-state index contributed by atoms with van der Waals surface area (Å²) in [4.78, 5) is 10.9. The molecule has 1 atom stereocenters. The first-order valence-electron chi connectivity index (χ1n) is 6.61. The number of halogens is 1. The summed E-state index contributed by atoms with van der Waals surface area (Å²) in [7, 11) is -4.08. The van der Waals surface area contributed by atoms with Gasteiger partial charge in [-0.1, -0.05) is 13.0 Å². The molecule has 0 heterocycles. The number of hydrogen-bond acceptors (Lipinski definition) is 4. The fraction of sp³-hybridized carbons (Fsp3) is 0.462. The lowest BCUT2D eigenvalue weighted by Gasteiger charge is -2.12. The SMILES string of the molecule is CCC(C)NC(=O)CCNS(=O)(=O)c1c(N)cccc1F. The second kappa shape index (κ2) is 7.37. The zero-order valence-corrected chi connectivity index (χ0v) is 12.8. The Morgan fingerprint density at radius 3 is 2.67 bits per heavy atom. The number of hydrogen-bond donors (Lipinski definition) is 3. The van der Waals surface area contributed by atoms with E-state index in [1.165, 1.54) is 12.1 Å². The third-order valence-corrected chi connectivity index (χ3v) is 4.48. The molecule has 0 radical (unpaired) electrons. The van der Waals surface area contributed by atoms with Crippen LogP contribution in [0.1, 0.15) is 26.7 Å². The number of carbonyl (C=O) groups is 1. The summed E-state index contributed by atoms with van der Waals surface area (Å²) in [6, 6.07) is 3.66. The van der Waals surface area contributed by atoms with Crippen LogP contribution in [0.5, 0.6) is 0 Å². The van der Waals surface area contributed by atoms with Crippen LogP contribution in [0.3, 0.4) is 0 Å². The topological polar surface area (TPSA) is 101 Å². The molecular weight excluding hydrogens is 297 g/mol. The molecule has 0 fully saturated rings. The third kappa shape index (κ3) is 4.98. The van der Waals surface area contributed by atoms with Gasteiger partial charge in [0, 0.05) is 19.0 Å². The number of amides is 1. The Labute approximate surface area is 124 Å². The van der Waals surface area contributed by atoms with E-state index in [1.807, 2.05) is 13.8 Å². The molecule has 0 spiro atoms. The molecular formula is C13H20FN3O3S. The highest BCUT2D eigenvalue weighted by molar-refractivity contribution is 7.89. The van der Waals surface area contributed by atoms with Crippen LogP contribution in [-0.2, 0) is 14.8 Å². The van der Waals surface area contributed by atoms with Gasteiger partial charge in [0.2, 0.25) is 15.9 Å². The Kier molecular flexibility index (Phi) is 6.10. The average Bonchev–Trinajstić information content (AvgIpc) is 2.37. The normalized spacial score (nSPS) is 12.9. The van der Waals surface area contributed by atoms with E-state index in [9.17, 15) is 17.6 Å². The molecule has 6 nitrogen and oxygen atoms in total. The van der Waals surface area contributed by atoms with Gasteiger partial charge in [0.1, 0.15) is 10.7 Å². The predicted molar refractivity (Wildman–Crippen MR) is 78.5 cm³/mol. The van der Waals surface area contributed by atoms with Gasteiger partial charge in [-0.2, -0.15) is 0 Å². The number of benzene rings is 1. The van der Waals surface area contributed by atoms with Crippen molar-refractivity contribution in [3.05, 3.63) is 24.0 Å². The van der Waals surface area contributed by atoms with Gasteiger partial charge < -0.3 is 11.1 Å². The Hall–Kier alpha value is -1.67. The molecule has 0 aliphatic heterocycles. The molecule has 1 amide bonds. The maximum absolute atomic E-state index is 13.6. The zero-order chi connectivity index (χ0) is 16.0. The highest BCUT2D eigenvalue weighted by Gasteiger charge is 2.22. The van der Waals surface area contributed by atoms with E-state index >= 15 is 0 Å². The summed E-state index contributed by atoms with van der Waals surface area (Å²) in [5.41, 5.74) is 5.31. The largest absolute Gasteiger partial charge is 0.398 e. The lowest BCUT2D eigenvalue weighted by Crippen LogP contribution is -2.35. The van der Waals surface area contributed by atoms with Crippen molar-refractivity contribution < 1.29 is 17.6 Å². The minimum absolute atomic E-state index is 0.0244. The molecule has 0 saturated heterocycles. The molecule has 1 aromatic rings. The van der Waals surface area contributed by atoms with Crippen LogP contribution >= 0.6 is 0 Å². The van der Waals surface area contributed by atoms with Crippen LogP contribution in [0.25, 0.3) is 0 Å². The van der Waals surface area contributed by atoms with E-state index < -0.39 is 20.7 Å². The minimum atomic E-state index is -4.08. The Bertz CT molecular complexity index is 584. The summed E-state index contributed by atoms with van der Waals surface area (Å²) in [5, 5.41) is 2.71. The van der Waals surface area contributed by atoms with Crippen LogP contribution in [0.4, 0.5) is 10.1 Å². The van der Waals surface area contributed by atoms with Crippen LogP contribution in [0, 0.1) is 5.82 Å². The highest BCUT2D eigenvalue weighted by atomic mass is 32.2. The van der Waals surface area contributed by atoms with Crippen molar-refractivity contribution >= 4 is 21.6 Å². The summed E-state index contributed by atoms with van der Waals surface area (Å²) in [5.74, 6) is -1.19. The number of sulfonamides is 1. The molecule has 1 rings (SSSR count). The molecule has 21 heavy (non-hydrogen) atoms. The van der Waals surface area contributed by atoms with Gasteiger partial charge in [-0.05, 0) is 25.5 Å². The van der Waals surface area contributed by atoms with Crippen molar-refractivity contribution in [1.82, 2.24) is 10.0 Å². The second-order valence-electron chi connectivity index (χ2n) is 4.68. The van der Waals surface area contributed by atoms with Crippen molar-refractivity contribution in [3.63, 3.8) is 0 Å². The van der Waals surface area contributed by atoms with E-state index in [-0.39, 0.29) is 30.6 Å². The van der Waals surface area contributed by atoms with Crippen LogP contribution < -0.4 is 15.8 Å². The number of carbonyl (C=O) groups excluding carboxylic acids is 1. The second-order valence-corrected chi connectivity index (χ2v) is 6.39. The fourth-order valence-electron chi connectivity index (χ4n) is 1.63. The Morgan fingerprint density at radius 1 is 1.43 bits per heavy atom. The Morgan fingerprint density at radius 2 is 2.10 bits per heavy atom. The maximum atomic E-state index is 13.6. The molecule has 1 unspecified atom stereocenters. The summed E-state index contributed by atoms with van der Waals surface area (Å²) in [6.45, 7) is 3.65.